The first-order valence-corrected chi connectivity index (χ1v) is 13.8. The summed E-state index contributed by atoms with van der Waals surface area (Å²) in [6.45, 7) is -1.48. The molecule has 23 heteroatoms. The molecule has 6 rings (SSSR count). The van der Waals surface area contributed by atoms with Crippen LogP contribution in [0.25, 0.3) is 22.3 Å². The zero-order valence-electron chi connectivity index (χ0n) is 21.9. The molecule has 0 spiro atoms. The molecule has 2 saturated heterocycles. The number of hydrogen-bond acceptors (Lipinski definition) is 18. The third-order valence-electron chi connectivity index (χ3n) is 6.87. The lowest BCUT2D eigenvalue weighted by atomic mass is 10.1. The van der Waals surface area contributed by atoms with Gasteiger partial charge in [-0.3, -0.25) is 28.0 Å². The fraction of sp³-hybridized carbons (Fsp3) is 0.500. The molecule has 2 fully saturated rings. The number of phosphoric acid groups is 1. The summed E-state index contributed by atoms with van der Waals surface area (Å²) in [6, 6.07) is 0. The van der Waals surface area contributed by atoms with Gasteiger partial charge in [0.25, 0.3) is 5.56 Å². The van der Waals surface area contributed by atoms with Crippen LogP contribution in [0.3, 0.4) is 0 Å². The molecular weight excluding hydrogens is 601 g/mol. The van der Waals surface area contributed by atoms with Crippen LogP contribution in [-0.2, 0) is 23.1 Å². The molecule has 0 bridgehead atoms. The Hall–Kier alpha value is -3.67. The molecule has 9 unspecified atom stereocenters. The van der Waals surface area contributed by atoms with E-state index in [0.717, 1.165) is 10.9 Å². The summed E-state index contributed by atoms with van der Waals surface area (Å²) in [7, 11) is -5.02. The zero-order valence-corrected chi connectivity index (χ0v) is 22.8. The van der Waals surface area contributed by atoms with Crippen LogP contribution in [0.2, 0.25) is 0 Å². The van der Waals surface area contributed by atoms with Crippen molar-refractivity contribution in [2.45, 2.75) is 49.1 Å². The van der Waals surface area contributed by atoms with Crippen LogP contribution in [0.15, 0.2) is 23.8 Å². The maximum atomic E-state index is 12.9. The molecule has 6 heterocycles. The number of nitrogens with two attached hydrogens (primary N) is 2. The van der Waals surface area contributed by atoms with Gasteiger partial charge < -0.3 is 52.4 Å². The Morgan fingerprint density at radius 3 is 2.33 bits per heavy atom. The average molecular weight is 629 g/mol. The first kappa shape index (κ1) is 30.8. The minimum Gasteiger partial charge on any atom is -0.394 e. The number of aromatic nitrogens is 8. The van der Waals surface area contributed by atoms with E-state index in [-0.39, 0.29) is 40.2 Å². The maximum absolute atomic E-state index is 12.9. The van der Waals surface area contributed by atoms with Crippen LogP contribution in [0.1, 0.15) is 12.5 Å². The summed E-state index contributed by atoms with van der Waals surface area (Å²) in [5.74, 6) is -0.148. The number of fused-ring (bicyclic) bond motifs is 2. The highest BCUT2D eigenvalue weighted by Gasteiger charge is 2.50. The van der Waals surface area contributed by atoms with Crippen molar-refractivity contribution >= 4 is 41.9 Å². The first-order valence-electron chi connectivity index (χ1n) is 12.3. The fourth-order valence-electron chi connectivity index (χ4n) is 4.86. The number of anilines is 2. The van der Waals surface area contributed by atoms with Crippen molar-refractivity contribution in [1.29, 1.82) is 0 Å². The Labute approximate surface area is 239 Å². The maximum Gasteiger partial charge on any atom is 0.472 e. The number of hydrogen-bond donors (Lipinski definition) is 9. The summed E-state index contributed by atoms with van der Waals surface area (Å²) in [4.78, 5) is 44.7. The van der Waals surface area contributed by atoms with Crippen LogP contribution in [0.5, 0.6) is 0 Å². The summed E-state index contributed by atoms with van der Waals surface area (Å²) in [5, 5.41) is 41.8. The molecule has 13 N–H and O–H groups in total. The number of aromatic amines is 1. The summed E-state index contributed by atoms with van der Waals surface area (Å²) < 4.78 is 36.8. The van der Waals surface area contributed by atoms with Gasteiger partial charge in [-0.25, -0.2) is 24.5 Å². The summed E-state index contributed by atoms with van der Waals surface area (Å²) in [6.07, 6.45) is -8.00. The van der Waals surface area contributed by atoms with E-state index in [1.165, 1.54) is 17.2 Å². The lowest BCUT2D eigenvalue weighted by molar-refractivity contribution is -0.0585. The molecule has 0 aromatic carbocycles. The Kier molecular flexibility index (Phi) is 8.19. The van der Waals surface area contributed by atoms with E-state index >= 15 is 0 Å². The minimum atomic E-state index is -5.02. The number of phosphoric ester groups is 1. The minimum absolute atomic E-state index is 0. The molecular formula is C20H28N11O11P. The molecule has 2 aliphatic rings. The quantitative estimate of drug-likeness (QED) is 0.0859. The van der Waals surface area contributed by atoms with E-state index in [0.29, 0.717) is 0 Å². The van der Waals surface area contributed by atoms with Gasteiger partial charge in [0.15, 0.2) is 35.1 Å². The van der Waals surface area contributed by atoms with Crippen molar-refractivity contribution < 1.29 is 48.4 Å². The van der Waals surface area contributed by atoms with Crippen LogP contribution in [-0.4, -0.2) is 114 Å². The predicted octanol–water partition coefficient (Wildman–Crippen LogP) is -3.34. The van der Waals surface area contributed by atoms with E-state index in [9.17, 15) is 34.7 Å². The van der Waals surface area contributed by atoms with Gasteiger partial charge >= 0.3 is 7.82 Å². The van der Waals surface area contributed by atoms with Crippen LogP contribution in [0, 0.1) is 0 Å². The zero-order chi connectivity index (χ0) is 29.9. The van der Waals surface area contributed by atoms with Crippen molar-refractivity contribution in [3.05, 3.63) is 29.3 Å². The van der Waals surface area contributed by atoms with Gasteiger partial charge in [-0.1, -0.05) is 0 Å². The number of nitrogens with zero attached hydrogens (tertiary/aromatic N) is 7. The lowest BCUT2D eigenvalue weighted by Gasteiger charge is -2.23. The SMILES string of the molecule is N.Nc1nc2c(ncn2C2OC(CO)C(OP(=O)(O)OCC3OC(n4cnc5c(N)ncnc54)C(O)C3O)C2O)c(=O)[nH]1. The second kappa shape index (κ2) is 11.4. The second-order valence-electron chi connectivity index (χ2n) is 9.48. The van der Waals surface area contributed by atoms with E-state index in [2.05, 4.69) is 29.9 Å². The molecule has 43 heavy (non-hydrogen) atoms. The number of nitrogens with one attached hydrogen (secondary N) is 1. The van der Waals surface area contributed by atoms with Gasteiger partial charge in [0.05, 0.1) is 25.9 Å². The Morgan fingerprint density at radius 1 is 0.953 bits per heavy atom. The number of H-pyrrole nitrogens is 1. The van der Waals surface area contributed by atoms with Crippen molar-refractivity contribution in [3.8, 4) is 0 Å². The van der Waals surface area contributed by atoms with Gasteiger partial charge in [-0.2, -0.15) is 4.98 Å². The Morgan fingerprint density at radius 2 is 1.60 bits per heavy atom. The largest absolute Gasteiger partial charge is 0.472 e. The molecule has 22 nitrogen and oxygen atoms in total. The van der Waals surface area contributed by atoms with Gasteiger partial charge in [0, 0.05) is 0 Å². The number of nitrogen functional groups attached to an aromatic ring is 2. The van der Waals surface area contributed by atoms with E-state index in [1.54, 1.807) is 0 Å². The summed E-state index contributed by atoms with van der Waals surface area (Å²) >= 11 is 0. The number of aliphatic hydroxyl groups excluding tert-OH is 4. The number of ether oxygens (including phenoxy) is 2. The molecule has 0 aliphatic carbocycles. The number of aliphatic hydroxyl groups is 4. The number of rotatable bonds is 8. The van der Waals surface area contributed by atoms with Crippen LogP contribution in [0.4, 0.5) is 11.8 Å². The number of imidazole rings is 2. The predicted molar refractivity (Wildman–Crippen MR) is 141 cm³/mol. The lowest BCUT2D eigenvalue weighted by Crippen LogP contribution is -2.36. The molecule has 4 aromatic heterocycles. The fourth-order valence-corrected chi connectivity index (χ4v) is 5.82. The van der Waals surface area contributed by atoms with Crippen molar-refractivity contribution in [3.63, 3.8) is 0 Å². The van der Waals surface area contributed by atoms with Gasteiger partial charge in [0.2, 0.25) is 5.95 Å². The smallest absolute Gasteiger partial charge is 0.394 e. The highest BCUT2D eigenvalue weighted by Crippen LogP contribution is 2.49. The van der Waals surface area contributed by atoms with Gasteiger partial charge in [0.1, 0.15) is 48.5 Å². The topological polar surface area (TPSA) is 349 Å². The standard InChI is InChI=1S/C20H25N10O11P.H3N/c21-14-8-15(24-3-23-14)29(4-25-8)18-11(33)10(32)7(40-18)2-38-42(36,37)41-13-6(1-31)39-19(12(13)34)30-5-26-9-16(30)27-20(22)28-17(9)35;/h3-7,10-13,18-19,31-34H,1-2H2,(H,36,37)(H2,21,23,24)(H3,22,27,28,35);1H3. The molecule has 2 aliphatic heterocycles. The van der Waals surface area contributed by atoms with E-state index in [4.69, 9.17) is 30.0 Å². The first-order chi connectivity index (χ1) is 20.0. The van der Waals surface area contributed by atoms with E-state index < -0.39 is 75.7 Å². The third-order valence-corrected chi connectivity index (χ3v) is 7.85. The molecule has 0 radical (unpaired) electrons. The molecule has 234 valence electrons. The molecule has 0 amide bonds. The highest BCUT2D eigenvalue weighted by molar-refractivity contribution is 7.47. The third kappa shape index (κ3) is 5.34. The van der Waals surface area contributed by atoms with Crippen molar-refractivity contribution in [1.82, 2.24) is 45.2 Å². The van der Waals surface area contributed by atoms with Crippen LogP contribution >= 0.6 is 7.82 Å². The van der Waals surface area contributed by atoms with Gasteiger partial charge in [-0.05, 0) is 0 Å². The Bertz CT molecular complexity index is 1730. The molecule has 4 aromatic rings. The summed E-state index contributed by atoms with van der Waals surface area (Å²) in [5.41, 5.74) is 11.0. The van der Waals surface area contributed by atoms with Crippen molar-refractivity contribution in [2.24, 2.45) is 0 Å². The molecule has 9 atom stereocenters. The van der Waals surface area contributed by atoms with Crippen LogP contribution < -0.4 is 23.2 Å². The normalized spacial score (nSPS) is 30.5. The van der Waals surface area contributed by atoms with Crippen molar-refractivity contribution in [2.75, 3.05) is 24.7 Å². The highest BCUT2D eigenvalue weighted by atomic mass is 31.2. The molecule has 0 saturated carbocycles. The second-order valence-corrected chi connectivity index (χ2v) is 10.9. The Balaban J connectivity index is 0.00000368. The van der Waals surface area contributed by atoms with Gasteiger partial charge in [-0.15, -0.1) is 0 Å². The van der Waals surface area contributed by atoms with E-state index in [1.807, 2.05) is 0 Å². The monoisotopic (exact) mass is 629 g/mol. The average Bonchev–Trinajstić information content (AvgIpc) is 3.69.